The first-order valence-electron chi connectivity index (χ1n) is 5.93. The quantitative estimate of drug-likeness (QED) is 0.814. The van der Waals surface area contributed by atoms with E-state index in [1.165, 1.54) is 4.90 Å². The molecular formula is C12H18N4O2. The first-order chi connectivity index (χ1) is 8.37. The summed E-state index contributed by atoms with van der Waals surface area (Å²) in [6, 6.07) is 0. The van der Waals surface area contributed by atoms with Gasteiger partial charge in [-0.3, -0.25) is 14.7 Å². The number of hydrogen-bond acceptors (Lipinski definition) is 3. The second-order valence-electron chi connectivity index (χ2n) is 5.06. The predicted octanol–water partition coefficient (Wildman–Crippen LogP) is 0.377. The fraction of sp³-hybridized carbons (Fsp3) is 0.583. The number of carbonyl (C=O) groups is 2. The summed E-state index contributed by atoms with van der Waals surface area (Å²) in [5.41, 5.74) is 1.34. The van der Waals surface area contributed by atoms with E-state index in [0.29, 0.717) is 18.5 Å². The molecule has 2 N–H and O–H groups in total. The lowest BCUT2D eigenvalue weighted by atomic mass is 10.1. The van der Waals surface area contributed by atoms with E-state index in [9.17, 15) is 9.59 Å². The summed E-state index contributed by atoms with van der Waals surface area (Å²) in [7, 11) is 3.39. The number of H-pyrrole nitrogens is 1. The van der Waals surface area contributed by atoms with Gasteiger partial charge < -0.3 is 10.2 Å². The molecule has 0 atom stereocenters. The van der Waals surface area contributed by atoms with Gasteiger partial charge in [0.25, 0.3) is 5.91 Å². The van der Waals surface area contributed by atoms with Crippen LogP contribution in [-0.4, -0.2) is 46.5 Å². The second kappa shape index (κ2) is 4.12. The van der Waals surface area contributed by atoms with Gasteiger partial charge in [-0.1, -0.05) is 0 Å². The number of carbonyl (C=O) groups excluding carboxylic acids is 2. The van der Waals surface area contributed by atoms with Crippen molar-refractivity contribution in [2.75, 3.05) is 14.1 Å². The minimum atomic E-state index is -0.708. The topological polar surface area (TPSA) is 78.1 Å². The van der Waals surface area contributed by atoms with Crippen LogP contribution in [0.5, 0.6) is 0 Å². The molecule has 1 saturated carbocycles. The molecular weight excluding hydrogens is 232 g/mol. The number of aromatic amines is 1. The molecule has 1 fully saturated rings. The summed E-state index contributed by atoms with van der Waals surface area (Å²) < 4.78 is 0. The summed E-state index contributed by atoms with van der Waals surface area (Å²) in [6.07, 6.45) is 1.39. The maximum atomic E-state index is 12.1. The number of aryl methyl sites for hydroxylation is 1. The number of rotatable bonds is 3. The summed E-state index contributed by atoms with van der Waals surface area (Å²) in [5, 5.41) is 9.55. The molecule has 1 aliphatic rings. The predicted molar refractivity (Wildman–Crippen MR) is 66.2 cm³/mol. The van der Waals surface area contributed by atoms with Crippen LogP contribution in [0.4, 0.5) is 0 Å². The molecule has 0 spiro atoms. The molecule has 18 heavy (non-hydrogen) atoms. The molecule has 1 aliphatic carbocycles. The van der Waals surface area contributed by atoms with Crippen LogP contribution in [0.15, 0.2) is 0 Å². The van der Waals surface area contributed by atoms with Crippen molar-refractivity contribution in [3.05, 3.63) is 17.0 Å². The lowest BCUT2D eigenvalue weighted by Crippen LogP contribution is -2.48. The minimum absolute atomic E-state index is 0.0549. The fourth-order valence-corrected chi connectivity index (χ4v) is 1.93. The molecule has 1 aromatic heterocycles. The number of hydrogen-bond donors (Lipinski definition) is 2. The normalized spacial score (nSPS) is 16.2. The molecule has 6 heteroatoms. The number of nitrogens with one attached hydrogen (secondary N) is 2. The van der Waals surface area contributed by atoms with Gasteiger partial charge in [-0.25, -0.2) is 0 Å². The van der Waals surface area contributed by atoms with Crippen molar-refractivity contribution in [1.29, 1.82) is 0 Å². The third-order valence-corrected chi connectivity index (χ3v) is 3.39. The molecule has 6 nitrogen and oxygen atoms in total. The standard InChI is InChI=1S/C12H18N4O2/c1-7-8(2)14-15-9(7)10(17)13-12(5-6-12)11(18)16(3)4/h5-6H2,1-4H3,(H,13,17)(H,14,15). The van der Waals surface area contributed by atoms with Crippen LogP contribution in [0.2, 0.25) is 0 Å². The van der Waals surface area contributed by atoms with E-state index >= 15 is 0 Å². The number of nitrogens with zero attached hydrogens (tertiary/aromatic N) is 2. The third-order valence-electron chi connectivity index (χ3n) is 3.39. The van der Waals surface area contributed by atoms with Crippen molar-refractivity contribution in [3.8, 4) is 0 Å². The average Bonchev–Trinajstić information content (AvgIpc) is 3.00. The van der Waals surface area contributed by atoms with Crippen molar-refractivity contribution in [2.45, 2.75) is 32.2 Å². The highest BCUT2D eigenvalue weighted by molar-refractivity contribution is 6.00. The first kappa shape index (κ1) is 12.6. The number of likely N-dealkylation sites (N-methyl/N-ethyl adjacent to an activating group) is 1. The van der Waals surface area contributed by atoms with Crippen LogP contribution in [0.3, 0.4) is 0 Å². The van der Waals surface area contributed by atoms with Crippen LogP contribution < -0.4 is 5.32 Å². The van der Waals surface area contributed by atoms with Crippen molar-refractivity contribution >= 4 is 11.8 Å². The Morgan fingerprint density at radius 3 is 2.33 bits per heavy atom. The zero-order valence-electron chi connectivity index (χ0n) is 11.1. The number of amides is 2. The van der Waals surface area contributed by atoms with E-state index < -0.39 is 5.54 Å². The highest BCUT2D eigenvalue weighted by Crippen LogP contribution is 2.37. The summed E-state index contributed by atoms with van der Waals surface area (Å²) >= 11 is 0. The number of aromatic nitrogens is 2. The van der Waals surface area contributed by atoms with Crippen molar-refractivity contribution in [3.63, 3.8) is 0 Å². The second-order valence-corrected chi connectivity index (χ2v) is 5.06. The molecule has 1 aromatic rings. The Morgan fingerprint density at radius 2 is 1.94 bits per heavy atom. The van der Waals surface area contributed by atoms with E-state index in [-0.39, 0.29) is 11.8 Å². The van der Waals surface area contributed by atoms with Crippen molar-refractivity contribution < 1.29 is 9.59 Å². The Hall–Kier alpha value is -1.85. The monoisotopic (exact) mass is 250 g/mol. The van der Waals surface area contributed by atoms with Crippen molar-refractivity contribution in [2.24, 2.45) is 0 Å². The fourth-order valence-electron chi connectivity index (χ4n) is 1.93. The first-order valence-corrected chi connectivity index (χ1v) is 5.93. The third kappa shape index (κ3) is 1.98. The molecule has 98 valence electrons. The molecule has 0 radical (unpaired) electrons. The maximum absolute atomic E-state index is 12.1. The molecule has 0 unspecified atom stereocenters. The highest BCUT2D eigenvalue weighted by atomic mass is 16.2. The lowest BCUT2D eigenvalue weighted by Gasteiger charge is -2.20. The van der Waals surface area contributed by atoms with E-state index in [4.69, 9.17) is 0 Å². The lowest BCUT2D eigenvalue weighted by molar-refractivity contribution is -0.131. The van der Waals surface area contributed by atoms with E-state index in [1.54, 1.807) is 14.1 Å². The van der Waals surface area contributed by atoms with Gasteiger partial charge in [0.2, 0.25) is 5.91 Å². The van der Waals surface area contributed by atoms with Gasteiger partial charge in [-0.15, -0.1) is 0 Å². The Morgan fingerprint density at radius 1 is 1.33 bits per heavy atom. The van der Waals surface area contributed by atoms with Crippen LogP contribution >= 0.6 is 0 Å². The molecule has 0 saturated heterocycles. The van der Waals surface area contributed by atoms with Crippen molar-refractivity contribution in [1.82, 2.24) is 20.4 Å². The molecule has 0 bridgehead atoms. The average molecular weight is 250 g/mol. The van der Waals surface area contributed by atoms with Crippen LogP contribution in [0.25, 0.3) is 0 Å². The zero-order valence-corrected chi connectivity index (χ0v) is 11.1. The van der Waals surface area contributed by atoms with Gasteiger partial charge in [-0.05, 0) is 26.7 Å². The van der Waals surface area contributed by atoms with Crippen LogP contribution in [-0.2, 0) is 4.79 Å². The Bertz CT molecular complexity index is 500. The Balaban J connectivity index is 2.13. The summed E-state index contributed by atoms with van der Waals surface area (Å²) in [6.45, 7) is 3.69. The van der Waals surface area contributed by atoms with E-state index in [0.717, 1.165) is 11.3 Å². The van der Waals surface area contributed by atoms with Gasteiger partial charge in [0.1, 0.15) is 5.54 Å². The smallest absolute Gasteiger partial charge is 0.272 e. The summed E-state index contributed by atoms with van der Waals surface area (Å²) in [5.74, 6) is -0.342. The maximum Gasteiger partial charge on any atom is 0.272 e. The van der Waals surface area contributed by atoms with Gasteiger partial charge in [0.15, 0.2) is 5.69 Å². The van der Waals surface area contributed by atoms with E-state index in [2.05, 4.69) is 15.5 Å². The highest BCUT2D eigenvalue weighted by Gasteiger charge is 2.52. The largest absolute Gasteiger partial charge is 0.347 e. The molecule has 0 aromatic carbocycles. The van der Waals surface area contributed by atoms with Gasteiger partial charge >= 0.3 is 0 Å². The van der Waals surface area contributed by atoms with Crippen LogP contribution in [0, 0.1) is 13.8 Å². The minimum Gasteiger partial charge on any atom is -0.347 e. The Labute approximate surface area is 106 Å². The SMILES string of the molecule is Cc1[nH]nc(C(=O)NC2(C(=O)N(C)C)CC2)c1C. The van der Waals surface area contributed by atoms with Gasteiger partial charge in [0, 0.05) is 25.4 Å². The molecule has 2 rings (SSSR count). The molecule has 0 aliphatic heterocycles. The zero-order chi connectivity index (χ0) is 13.5. The van der Waals surface area contributed by atoms with E-state index in [1.807, 2.05) is 13.8 Å². The molecule has 1 heterocycles. The molecule has 2 amide bonds. The summed E-state index contributed by atoms with van der Waals surface area (Å²) in [4.78, 5) is 25.6. The van der Waals surface area contributed by atoms with Gasteiger partial charge in [-0.2, -0.15) is 5.10 Å². The van der Waals surface area contributed by atoms with Gasteiger partial charge in [0.05, 0.1) is 0 Å². The van der Waals surface area contributed by atoms with Crippen LogP contribution in [0.1, 0.15) is 34.6 Å². The Kier molecular flexibility index (Phi) is 2.88.